The summed E-state index contributed by atoms with van der Waals surface area (Å²) in [6, 6.07) is 64.3. The van der Waals surface area contributed by atoms with Crippen LogP contribution in [0.3, 0.4) is 0 Å². The average Bonchev–Trinajstić information content (AvgIpc) is 3.96. The fourth-order valence-electron chi connectivity index (χ4n) is 8.71. The Morgan fingerprint density at radius 3 is 2.02 bits per heavy atom. The number of thiophene rings is 1. The zero-order chi connectivity index (χ0) is 37.5. The lowest BCUT2D eigenvalue weighted by atomic mass is 9.96. The molecule has 268 valence electrons. The molecule has 1 aliphatic heterocycles. The zero-order valence-corrected chi connectivity index (χ0v) is 31.4. The van der Waals surface area contributed by atoms with Gasteiger partial charge in [0.15, 0.2) is 5.84 Å². The van der Waals surface area contributed by atoms with Crippen LogP contribution in [0.5, 0.6) is 0 Å². The van der Waals surface area contributed by atoms with Gasteiger partial charge in [0.1, 0.15) is 23.2 Å². The van der Waals surface area contributed by atoms with Crippen LogP contribution in [0.25, 0.3) is 80.7 Å². The van der Waals surface area contributed by atoms with Gasteiger partial charge in [0.2, 0.25) is 0 Å². The molecule has 3 aromatic heterocycles. The maximum absolute atomic E-state index is 6.55. The molecular formula is C51H32N4OS. The molecule has 0 bridgehead atoms. The fraction of sp³-hybridized carbons (Fsp3) is 0.0196. The number of furan rings is 1. The first-order valence-electron chi connectivity index (χ1n) is 19.2. The van der Waals surface area contributed by atoms with Crippen LogP contribution in [0.4, 0.5) is 0 Å². The van der Waals surface area contributed by atoms with Crippen LogP contribution in [-0.4, -0.2) is 16.2 Å². The number of nitrogens with zero attached hydrogens (tertiary/aromatic N) is 3. The van der Waals surface area contributed by atoms with Gasteiger partial charge in [-0.15, -0.1) is 11.3 Å². The van der Waals surface area contributed by atoms with Gasteiger partial charge in [-0.2, -0.15) is 0 Å². The quantitative estimate of drug-likeness (QED) is 0.191. The molecule has 0 radical (unpaired) electrons. The number of amidine groups is 2. The molecule has 1 atom stereocenters. The van der Waals surface area contributed by atoms with Crippen LogP contribution < -0.4 is 5.32 Å². The van der Waals surface area contributed by atoms with Crippen LogP contribution in [-0.2, 0) is 0 Å². The Bertz CT molecular complexity index is 3390. The summed E-state index contributed by atoms with van der Waals surface area (Å²) in [6.07, 6.45) is -0.335. The van der Waals surface area contributed by atoms with Gasteiger partial charge in [-0.1, -0.05) is 127 Å². The summed E-state index contributed by atoms with van der Waals surface area (Å²) in [5, 5.41) is 10.8. The highest BCUT2D eigenvalue weighted by Crippen LogP contribution is 2.44. The van der Waals surface area contributed by atoms with E-state index in [-0.39, 0.29) is 6.17 Å². The van der Waals surface area contributed by atoms with E-state index in [2.05, 4.69) is 155 Å². The van der Waals surface area contributed by atoms with Crippen LogP contribution in [0, 0.1) is 0 Å². The summed E-state index contributed by atoms with van der Waals surface area (Å²) in [6.45, 7) is 0. The van der Waals surface area contributed by atoms with E-state index in [4.69, 9.17) is 14.4 Å². The second-order valence-electron chi connectivity index (χ2n) is 14.6. The third-order valence-corrected chi connectivity index (χ3v) is 12.4. The minimum Gasteiger partial charge on any atom is -0.456 e. The molecular weight excluding hydrogens is 717 g/mol. The Labute approximate surface area is 331 Å². The summed E-state index contributed by atoms with van der Waals surface area (Å²) in [5.41, 5.74) is 10.6. The molecule has 0 saturated heterocycles. The Morgan fingerprint density at radius 2 is 1.23 bits per heavy atom. The van der Waals surface area contributed by atoms with E-state index < -0.39 is 0 Å². The van der Waals surface area contributed by atoms with Gasteiger partial charge in [-0.3, -0.25) is 0 Å². The van der Waals surface area contributed by atoms with Crippen LogP contribution in [0.1, 0.15) is 22.9 Å². The second kappa shape index (κ2) is 12.6. The first-order valence-corrected chi connectivity index (χ1v) is 20.0. The molecule has 1 N–H and O–H groups in total. The maximum atomic E-state index is 6.55. The largest absolute Gasteiger partial charge is 0.456 e. The van der Waals surface area contributed by atoms with Crippen molar-refractivity contribution in [1.82, 2.24) is 9.88 Å². The number of hydrogen-bond donors (Lipinski definition) is 1. The Kier molecular flexibility index (Phi) is 7.09. The summed E-state index contributed by atoms with van der Waals surface area (Å²) in [7, 11) is 0. The lowest BCUT2D eigenvalue weighted by Gasteiger charge is -2.24. The van der Waals surface area contributed by atoms with Gasteiger partial charge in [0.05, 0.1) is 11.0 Å². The molecule has 0 spiro atoms. The summed E-state index contributed by atoms with van der Waals surface area (Å²) in [4.78, 5) is 10.3. The number of fused-ring (bicyclic) bond motifs is 9. The fourth-order valence-corrected chi connectivity index (χ4v) is 9.83. The van der Waals surface area contributed by atoms with Gasteiger partial charge < -0.3 is 14.3 Å². The molecule has 1 aliphatic rings. The molecule has 0 fully saturated rings. The lowest BCUT2D eigenvalue weighted by Crippen LogP contribution is -2.33. The van der Waals surface area contributed by atoms with Crippen molar-refractivity contribution in [2.75, 3.05) is 0 Å². The summed E-state index contributed by atoms with van der Waals surface area (Å²) < 4.78 is 11.4. The topological polar surface area (TPSA) is 54.8 Å². The van der Waals surface area contributed by atoms with E-state index in [1.807, 2.05) is 47.7 Å². The Hall–Kier alpha value is -7.28. The normalized spacial score (nSPS) is 14.5. The van der Waals surface area contributed by atoms with Crippen molar-refractivity contribution in [2.45, 2.75) is 6.17 Å². The van der Waals surface area contributed by atoms with Crippen molar-refractivity contribution in [3.8, 4) is 16.8 Å². The number of hydrogen-bond acceptors (Lipinski definition) is 5. The van der Waals surface area contributed by atoms with Gasteiger partial charge in [0, 0.05) is 64.1 Å². The molecule has 4 heterocycles. The van der Waals surface area contributed by atoms with Crippen molar-refractivity contribution in [3.63, 3.8) is 0 Å². The van der Waals surface area contributed by atoms with Crippen molar-refractivity contribution < 1.29 is 4.42 Å². The Balaban J connectivity index is 1.03. The number of aliphatic imine (C=N–C) groups is 2. The van der Waals surface area contributed by atoms with E-state index in [1.165, 1.54) is 42.0 Å². The molecule has 0 amide bonds. The van der Waals surface area contributed by atoms with Crippen molar-refractivity contribution >= 4 is 86.9 Å². The Morgan fingerprint density at radius 1 is 0.509 bits per heavy atom. The molecule has 8 aromatic carbocycles. The van der Waals surface area contributed by atoms with E-state index in [1.54, 1.807) is 0 Å². The minimum absolute atomic E-state index is 0.335. The van der Waals surface area contributed by atoms with Gasteiger partial charge in [-0.05, 0) is 65.7 Å². The first kappa shape index (κ1) is 32.0. The molecule has 11 aromatic rings. The second-order valence-corrected chi connectivity index (χ2v) is 15.6. The standard InChI is InChI=1S/C51H32N4OS/c1-3-13-31(14-4-1)49-52-50(32-15-5-2-6-16-32)54-51(53-49)38-20-12-24-46-48(38)40-29-33(25-28-45(40)57-46)35-19-11-23-44-47(35)39-30-34(26-27-43(39)56-44)55-41-21-9-7-17-36(41)37-18-8-10-22-42(37)55/h1-30,51H,(H,52,53,54). The summed E-state index contributed by atoms with van der Waals surface area (Å²) >= 11 is 1.82. The third kappa shape index (κ3) is 5.08. The smallest absolute Gasteiger partial charge is 0.159 e. The predicted octanol–water partition coefficient (Wildman–Crippen LogP) is 13.2. The molecule has 5 nitrogen and oxygen atoms in total. The van der Waals surface area contributed by atoms with Crippen LogP contribution in [0.15, 0.2) is 196 Å². The molecule has 0 aliphatic carbocycles. The average molecular weight is 749 g/mol. The highest BCUT2D eigenvalue weighted by Gasteiger charge is 2.24. The molecule has 6 heteroatoms. The number of nitrogens with one attached hydrogen (secondary N) is 1. The number of aromatic nitrogens is 1. The van der Waals surface area contributed by atoms with Crippen molar-refractivity contribution in [3.05, 3.63) is 199 Å². The first-order chi connectivity index (χ1) is 28.2. The molecule has 57 heavy (non-hydrogen) atoms. The van der Waals surface area contributed by atoms with Gasteiger partial charge in [-0.25, -0.2) is 9.98 Å². The highest BCUT2D eigenvalue weighted by atomic mass is 32.1. The number of para-hydroxylation sites is 2. The summed E-state index contributed by atoms with van der Waals surface area (Å²) in [5.74, 6) is 1.53. The number of rotatable bonds is 5. The minimum atomic E-state index is -0.335. The predicted molar refractivity (Wildman–Crippen MR) is 238 cm³/mol. The van der Waals surface area contributed by atoms with E-state index in [9.17, 15) is 0 Å². The van der Waals surface area contributed by atoms with Crippen LogP contribution >= 0.6 is 11.3 Å². The van der Waals surface area contributed by atoms with E-state index in [0.29, 0.717) is 5.84 Å². The van der Waals surface area contributed by atoms with E-state index in [0.717, 1.165) is 61.3 Å². The van der Waals surface area contributed by atoms with Gasteiger partial charge >= 0.3 is 0 Å². The van der Waals surface area contributed by atoms with Crippen LogP contribution in [0.2, 0.25) is 0 Å². The molecule has 0 saturated carbocycles. The highest BCUT2D eigenvalue weighted by molar-refractivity contribution is 7.25. The zero-order valence-electron chi connectivity index (χ0n) is 30.6. The third-order valence-electron chi connectivity index (χ3n) is 11.3. The molecule has 12 rings (SSSR count). The van der Waals surface area contributed by atoms with Crippen molar-refractivity contribution in [1.29, 1.82) is 0 Å². The van der Waals surface area contributed by atoms with Crippen molar-refractivity contribution in [2.24, 2.45) is 9.98 Å². The SMILES string of the molecule is c1ccc(C2=NC(c3cccc4sc5ccc(-c6cccc7oc8ccc(-n9c%10ccccc%10c%10ccccc%109)cc8c67)cc5c34)NC(c3ccccc3)=N2)cc1. The van der Waals surface area contributed by atoms with E-state index >= 15 is 0 Å². The monoisotopic (exact) mass is 748 g/mol. The maximum Gasteiger partial charge on any atom is 0.159 e. The van der Waals surface area contributed by atoms with Gasteiger partial charge in [0.25, 0.3) is 0 Å². The number of benzene rings is 8. The lowest BCUT2D eigenvalue weighted by molar-refractivity contribution is 0.669. The molecule has 1 unspecified atom stereocenters.